The second-order valence-corrected chi connectivity index (χ2v) is 8.40. The number of hydrogen-bond donors (Lipinski definition) is 1. The fourth-order valence-corrected chi connectivity index (χ4v) is 4.90. The highest BCUT2D eigenvalue weighted by atomic mass is 32.2. The van der Waals surface area contributed by atoms with Gasteiger partial charge in [-0.1, -0.05) is 0 Å². The first-order valence-corrected chi connectivity index (χ1v) is 9.72. The Bertz CT molecular complexity index is 686. The van der Waals surface area contributed by atoms with Crippen molar-refractivity contribution >= 4 is 27.4 Å². The lowest BCUT2D eigenvalue weighted by Crippen LogP contribution is -2.40. The van der Waals surface area contributed by atoms with Crippen molar-refractivity contribution < 1.29 is 13.2 Å². The van der Waals surface area contributed by atoms with Gasteiger partial charge in [-0.3, -0.25) is 0 Å². The third-order valence-corrected chi connectivity index (χ3v) is 6.26. The number of amides is 2. The van der Waals surface area contributed by atoms with Crippen molar-refractivity contribution in [2.75, 3.05) is 41.9 Å². The van der Waals surface area contributed by atoms with Gasteiger partial charge in [-0.25, -0.2) is 18.2 Å². The first-order valence-electron chi connectivity index (χ1n) is 7.90. The summed E-state index contributed by atoms with van der Waals surface area (Å²) < 4.78 is 23.2. The second kappa shape index (κ2) is 6.35. The molecule has 1 unspecified atom stereocenters. The van der Waals surface area contributed by atoms with Crippen molar-refractivity contribution in [3.63, 3.8) is 0 Å². The molecule has 2 amide bonds. The van der Waals surface area contributed by atoms with E-state index in [2.05, 4.69) is 15.2 Å². The monoisotopic (exact) mass is 338 g/mol. The van der Waals surface area contributed by atoms with E-state index in [1.807, 2.05) is 6.07 Å². The Kier molecular flexibility index (Phi) is 4.43. The number of sulfone groups is 1. The molecule has 2 aliphatic rings. The smallest absolute Gasteiger partial charge is 0.321 e. The molecule has 8 heteroatoms. The first kappa shape index (κ1) is 16.0. The number of aromatic nitrogens is 1. The van der Waals surface area contributed by atoms with E-state index in [1.165, 1.54) is 4.90 Å². The van der Waals surface area contributed by atoms with E-state index >= 15 is 0 Å². The van der Waals surface area contributed by atoms with Gasteiger partial charge in [0.05, 0.1) is 17.2 Å². The Labute approximate surface area is 136 Å². The Morgan fingerprint density at radius 3 is 2.78 bits per heavy atom. The summed E-state index contributed by atoms with van der Waals surface area (Å²) >= 11 is 0. The summed E-state index contributed by atoms with van der Waals surface area (Å²) in [5, 5.41) is 2.88. The van der Waals surface area contributed by atoms with Gasteiger partial charge in [0.1, 0.15) is 0 Å². The van der Waals surface area contributed by atoms with Crippen LogP contribution in [0.15, 0.2) is 18.3 Å². The third kappa shape index (κ3) is 3.57. The zero-order valence-corrected chi connectivity index (χ0v) is 14.1. The molecular weight excluding hydrogens is 316 g/mol. The average molecular weight is 338 g/mol. The molecular formula is C15H22N4O3S. The van der Waals surface area contributed by atoms with Gasteiger partial charge in [0.15, 0.2) is 15.7 Å². The predicted octanol–water partition coefficient (Wildman–Crippen LogP) is 1.33. The quantitative estimate of drug-likeness (QED) is 0.899. The predicted molar refractivity (Wildman–Crippen MR) is 89.5 cm³/mol. The summed E-state index contributed by atoms with van der Waals surface area (Å²) in [4.78, 5) is 20.5. The van der Waals surface area contributed by atoms with Crippen LogP contribution in [0, 0.1) is 0 Å². The van der Waals surface area contributed by atoms with Gasteiger partial charge in [-0.05, 0) is 31.4 Å². The van der Waals surface area contributed by atoms with Crippen LogP contribution < -0.4 is 10.2 Å². The molecule has 1 aromatic rings. The summed E-state index contributed by atoms with van der Waals surface area (Å²) in [5.74, 6) is 0.982. The number of hydrogen-bond acceptors (Lipinski definition) is 5. The number of nitrogens with one attached hydrogen (secondary N) is 1. The molecule has 2 fully saturated rings. The fourth-order valence-electron chi connectivity index (χ4n) is 3.13. The lowest BCUT2D eigenvalue weighted by Gasteiger charge is -2.25. The van der Waals surface area contributed by atoms with Gasteiger partial charge in [0.2, 0.25) is 0 Å². The Morgan fingerprint density at radius 2 is 2.13 bits per heavy atom. The van der Waals surface area contributed by atoms with Crippen molar-refractivity contribution in [3.8, 4) is 0 Å². The van der Waals surface area contributed by atoms with Crippen LogP contribution in [0.25, 0.3) is 0 Å². The number of anilines is 2. The van der Waals surface area contributed by atoms with Crippen LogP contribution in [0.4, 0.5) is 16.3 Å². The number of urea groups is 1. The topological polar surface area (TPSA) is 82.6 Å². The van der Waals surface area contributed by atoms with Crippen LogP contribution in [0.1, 0.15) is 19.3 Å². The van der Waals surface area contributed by atoms with E-state index in [4.69, 9.17) is 0 Å². The number of pyridine rings is 1. The van der Waals surface area contributed by atoms with Gasteiger partial charge in [0, 0.05) is 32.4 Å². The summed E-state index contributed by atoms with van der Waals surface area (Å²) in [7, 11) is -1.36. The molecule has 0 aromatic carbocycles. The molecule has 2 aliphatic heterocycles. The van der Waals surface area contributed by atoms with Crippen molar-refractivity contribution in [1.29, 1.82) is 0 Å². The van der Waals surface area contributed by atoms with Crippen LogP contribution in [-0.2, 0) is 9.84 Å². The molecule has 3 heterocycles. The van der Waals surface area contributed by atoms with E-state index in [9.17, 15) is 13.2 Å². The first-order chi connectivity index (χ1) is 11.0. The van der Waals surface area contributed by atoms with Crippen LogP contribution in [0.2, 0.25) is 0 Å². The minimum atomic E-state index is -3.01. The lowest BCUT2D eigenvalue weighted by atomic mass is 10.2. The number of carbonyl (C=O) groups is 1. The molecule has 0 aliphatic carbocycles. The summed E-state index contributed by atoms with van der Waals surface area (Å²) in [6, 6.07) is 3.07. The molecule has 1 atom stereocenters. The highest BCUT2D eigenvalue weighted by molar-refractivity contribution is 7.91. The lowest BCUT2D eigenvalue weighted by molar-refractivity contribution is 0.209. The van der Waals surface area contributed by atoms with Crippen LogP contribution in [0.3, 0.4) is 0 Å². The molecule has 3 rings (SSSR count). The maximum atomic E-state index is 12.5. The molecule has 0 radical (unpaired) electrons. The normalized spacial score (nSPS) is 23.0. The van der Waals surface area contributed by atoms with Gasteiger partial charge < -0.3 is 15.1 Å². The summed E-state index contributed by atoms with van der Waals surface area (Å²) in [6.45, 7) is 1.88. The van der Waals surface area contributed by atoms with E-state index in [0.29, 0.717) is 12.1 Å². The minimum Gasteiger partial charge on any atom is -0.355 e. The zero-order valence-electron chi connectivity index (χ0n) is 13.2. The Morgan fingerprint density at radius 1 is 1.39 bits per heavy atom. The Balaban J connectivity index is 1.70. The number of rotatable bonds is 3. The number of nitrogens with zero attached hydrogens (tertiary/aromatic N) is 3. The molecule has 2 saturated heterocycles. The van der Waals surface area contributed by atoms with Crippen LogP contribution in [0.5, 0.6) is 0 Å². The molecule has 1 aromatic heterocycles. The molecule has 126 valence electrons. The Hall–Kier alpha value is -1.83. The van der Waals surface area contributed by atoms with Gasteiger partial charge in [-0.15, -0.1) is 0 Å². The largest absolute Gasteiger partial charge is 0.355 e. The standard InChI is InChI=1S/C15H22N4O3S/c1-18(12-6-10-23(21,22)11-12)15(20)17-13-5-4-7-16-14(13)19-8-2-3-9-19/h4-5,7,12H,2-3,6,8-11H2,1H3,(H,17,20). The van der Waals surface area contributed by atoms with Crippen molar-refractivity contribution in [2.45, 2.75) is 25.3 Å². The van der Waals surface area contributed by atoms with Crippen LogP contribution >= 0.6 is 0 Å². The van der Waals surface area contributed by atoms with Crippen molar-refractivity contribution in [3.05, 3.63) is 18.3 Å². The highest BCUT2D eigenvalue weighted by Gasteiger charge is 2.33. The fraction of sp³-hybridized carbons (Fsp3) is 0.600. The second-order valence-electron chi connectivity index (χ2n) is 6.17. The highest BCUT2D eigenvalue weighted by Crippen LogP contribution is 2.26. The molecule has 1 N–H and O–H groups in total. The minimum absolute atomic E-state index is 0.0446. The van der Waals surface area contributed by atoms with Gasteiger partial charge >= 0.3 is 6.03 Å². The molecule has 0 bridgehead atoms. The van der Waals surface area contributed by atoms with E-state index < -0.39 is 9.84 Å². The maximum Gasteiger partial charge on any atom is 0.321 e. The summed E-state index contributed by atoms with van der Waals surface area (Å²) in [6.07, 6.45) is 4.47. The van der Waals surface area contributed by atoms with E-state index in [0.717, 1.165) is 31.7 Å². The van der Waals surface area contributed by atoms with E-state index in [1.54, 1.807) is 19.3 Å². The third-order valence-electron chi connectivity index (χ3n) is 4.51. The molecule has 0 saturated carbocycles. The zero-order chi connectivity index (χ0) is 16.4. The molecule has 23 heavy (non-hydrogen) atoms. The van der Waals surface area contributed by atoms with Gasteiger partial charge in [-0.2, -0.15) is 0 Å². The van der Waals surface area contributed by atoms with Gasteiger partial charge in [0.25, 0.3) is 0 Å². The molecule has 0 spiro atoms. The molecule has 7 nitrogen and oxygen atoms in total. The average Bonchev–Trinajstić information content (AvgIpc) is 3.16. The maximum absolute atomic E-state index is 12.5. The van der Waals surface area contributed by atoms with Crippen LogP contribution in [-0.4, -0.2) is 62.0 Å². The van der Waals surface area contributed by atoms with Crippen molar-refractivity contribution in [2.24, 2.45) is 0 Å². The van der Waals surface area contributed by atoms with E-state index in [-0.39, 0.29) is 23.6 Å². The summed E-state index contributed by atoms with van der Waals surface area (Å²) in [5.41, 5.74) is 0.673. The van der Waals surface area contributed by atoms with Crippen molar-refractivity contribution in [1.82, 2.24) is 9.88 Å². The SMILES string of the molecule is CN(C(=O)Nc1cccnc1N1CCCC1)C1CCS(=O)(=O)C1. The number of carbonyl (C=O) groups excluding carboxylic acids is 1.